The van der Waals surface area contributed by atoms with Gasteiger partial charge in [-0.3, -0.25) is 9.59 Å². The van der Waals surface area contributed by atoms with Crippen molar-refractivity contribution in [2.45, 2.75) is 11.3 Å². The highest BCUT2D eigenvalue weighted by atomic mass is 35.5. The molecule has 4 aromatic rings. The topological polar surface area (TPSA) is 72.6 Å². The molecular weight excluding hydrogens is 542 g/mol. The predicted molar refractivity (Wildman–Crippen MR) is 142 cm³/mol. The van der Waals surface area contributed by atoms with Crippen molar-refractivity contribution in [3.63, 3.8) is 0 Å². The van der Waals surface area contributed by atoms with Gasteiger partial charge in [-0.25, -0.2) is 4.39 Å². The molecule has 0 fully saturated rings. The Morgan fingerprint density at radius 1 is 1.05 bits per heavy atom. The van der Waals surface area contributed by atoms with Crippen LogP contribution < -0.4 is 9.64 Å². The smallest absolute Gasteiger partial charge is 0.260 e. The lowest BCUT2D eigenvalue weighted by Gasteiger charge is -2.23. The van der Waals surface area contributed by atoms with Crippen LogP contribution in [0.3, 0.4) is 0 Å². The highest BCUT2D eigenvalue weighted by Gasteiger charge is 2.24. The summed E-state index contributed by atoms with van der Waals surface area (Å²) in [6.07, 6.45) is -0.0269. The number of carbonyl (C=O) groups excluding carboxylic acids is 2. The number of hydrogen-bond acceptors (Lipinski definition) is 5. The SMILES string of the molecule is COc1cccc(Cl)c1-c1cc(-c2cccc(N(CCC(=O)c3ccc(F)cc3)C(=O)C(Cl)Cl)c2)on1. The lowest BCUT2D eigenvalue weighted by molar-refractivity contribution is -0.117. The van der Waals surface area contributed by atoms with Crippen molar-refractivity contribution >= 4 is 52.2 Å². The molecule has 0 aliphatic carbocycles. The highest BCUT2D eigenvalue weighted by molar-refractivity contribution is 6.54. The van der Waals surface area contributed by atoms with E-state index >= 15 is 0 Å². The lowest BCUT2D eigenvalue weighted by Crippen LogP contribution is -2.36. The zero-order valence-corrected chi connectivity index (χ0v) is 21.7. The van der Waals surface area contributed by atoms with E-state index in [1.54, 1.807) is 48.5 Å². The van der Waals surface area contributed by atoms with Crippen molar-refractivity contribution in [1.29, 1.82) is 0 Å². The van der Waals surface area contributed by atoms with Crippen LogP contribution >= 0.6 is 34.8 Å². The number of aromatic nitrogens is 1. The van der Waals surface area contributed by atoms with E-state index < -0.39 is 16.6 Å². The molecule has 1 aromatic heterocycles. The van der Waals surface area contributed by atoms with Crippen LogP contribution in [0.25, 0.3) is 22.6 Å². The number of methoxy groups -OCH3 is 1. The second-order valence-electron chi connectivity index (χ2n) is 7.91. The Labute approximate surface area is 227 Å². The Hall–Kier alpha value is -3.39. The summed E-state index contributed by atoms with van der Waals surface area (Å²) >= 11 is 18.1. The number of hydrogen-bond donors (Lipinski definition) is 0. The maximum atomic E-state index is 13.2. The van der Waals surface area contributed by atoms with Gasteiger partial charge in [0.1, 0.15) is 17.3 Å². The first-order valence-corrected chi connectivity index (χ1v) is 12.3. The molecule has 1 amide bonds. The Morgan fingerprint density at radius 2 is 1.78 bits per heavy atom. The number of anilines is 1. The van der Waals surface area contributed by atoms with Gasteiger partial charge in [0.2, 0.25) is 0 Å². The third-order valence-electron chi connectivity index (χ3n) is 5.59. The van der Waals surface area contributed by atoms with Crippen LogP contribution in [-0.4, -0.2) is 35.3 Å². The van der Waals surface area contributed by atoms with Crippen LogP contribution in [0.2, 0.25) is 5.02 Å². The van der Waals surface area contributed by atoms with Gasteiger partial charge >= 0.3 is 0 Å². The van der Waals surface area contributed by atoms with Gasteiger partial charge in [0.25, 0.3) is 5.91 Å². The van der Waals surface area contributed by atoms with Gasteiger partial charge in [-0.1, -0.05) is 58.2 Å². The molecule has 6 nitrogen and oxygen atoms in total. The van der Waals surface area contributed by atoms with Crippen LogP contribution in [0.4, 0.5) is 10.1 Å². The molecule has 0 spiro atoms. The molecule has 1 heterocycles. The first kappa shape index (κ1) is 26.7. The monoisotopic (exact) mass is 560 g/mol. The molecule has 0 atom stereocenters. The minimum atomic E-state index is -1.34. The number of nitrogens with zero attached hydrogens (tertiary/aromatic N) is 2. The summed E-state index contributed by atoms with van der Waals surface area (Å²) in [5.74, 6) is -0.337. The van der Waals surface area contributed by atoms with Gasteiger partial charge in [0.05, 0.1) is 17.7 Å². The number of rotatable bonds is 9. The number of ether oxygens (including phenoxy) is 1. The lowest BCUT2D eigenvalue weighted by atomic mass is 10.1. The van der Waals surface area contributed by atoms with E-state index in [1.165, 1.54) is 36.3 Å². The standard InChI is InChI=1S/C27H20Cl3FN2O4/c1-36-23-7-3-6-20(28)25(23)21-15-24(37-32-21)17-4-2-5-19(14-17)33(27(35)26(29)30)13-12-22(34)16-8-10-18(31)11-9-16/h2-11,14-15,26H,12-13H2,1H3. The molecule has 37 heavy (non-hydrogen) atoms. The number of Topliss-reactive ketones (excluding diaryl/α,β-unsaturated/α-hetero) is 1. The normalized spacial score (nSPS) is 11.0. The molecule has 0 bridgehead atoms. The van der Waals surface area contributed by atoms with Crippen LogP contribution in [0.5, 0.6) is 5.75 Å². The first-order chi connectivity index (χ1) is 17.8. The van der Waals surface area contributed by atoms with E-state index in [9.17, 15) is 14.0 Å². The van der Waals surface area contributed by atoms with Crippen molar-refractivity contribution in [2.75, 3.05) is 18.6 Å². The van der Waals surface area contributed by atoms with E-state index in [1.807, 2.05) is 0 Å². The van der Waals surface area contributed by atoms with Gasteiger partial charge in [-0.05, 0) is 48.5 Å². The summed E-state index contributed by atoms with van der Waals surface area (Å²) in [5, 5.41) is 4.59. The van der Waals surface area contributed by atoms with E-state index in [4.69, 9.17) is 44.1 Å². The minimum Gasteiger partial charge on any atom is -0.496 e. The largest absolute Gasteiger partial charge is 0.496 e. The Balaban J connectivity index is 1.61. The second kappa shape index (κ2) is 11.8. The van der Waals surface area contributed by atoms with Gasteiger partial charge in [0.15, 0.2) is 16.4 Å². The fourth-order valence-electron chi connectivity index (χ4n) is 3.76. The molecule has 0 aliphatic rings. The van der Waals surface area contributed by atoms with Crippen LogP contribution in [-0.2, 0) is 4.79 Å². The average Bonchev–Trinajstić information content (AvgIpc) is 3.38. The van der Waals surface area contributed by atoms with Gasteiger partial charge < -0.3 is 14.2 Å². The molecular formula is C27H20Cl3FN2O4. The first-order valence-electron chi connectivity index (χ1n) is 11.1. The van der Waals surface area contributed by atoms with Crippen LogP contribution in [0.15, 0.2) is 77.3 Å². The summed E-state index contributed by atoms with van der Waals surface area (Å²) in [7, 11) is 1.53. The molecule has 0 saturated heterocycles. The zero-order valence-electron chi connectivity index (χ0n) is 19.5. The van der Waals surface area contributed by atoms with Crippen molar-refractivity contribution in [2.24, 2.45) is 0 Å². The van der Waals surface area contributed by atoms with E-state index in [2.05, 4.69) is 5.16 Å². The Bertz CT molecular complexity index is 1420. The minimum absolute atomic E-state index is 0.00686. The molecule has 190 valence electrons. The van der Waals surface area contributed by atoms with Gasteiger partial charge in [-0.15, -0.1) is 0 Å². The molecule has 4 rings (SSSR count). The Morgan fingerprint density at radius 3 is 2.49 bits per heavy atom. The maximum absolute atomic E-state index is 13.2. The quantitative estimate of drug-likeness (QED) is 0.159. The van der Waals surface area contributed by atoms with Gasteiger partial charge in [-0.2, -0.15) is 0 Å². The third-order valence-corrected chi connectivity index (χ3v) is 6.27. The van der Waals surface area contributed by atoms with E-state index in [-0.39, 0.29) is 18.7 Å². The summed E-state index contributed by atoms with van der Waals surface area (Å²) in [4.78, 5) is 25.4. The van der Waals surface area contributed by atoms with E-state index in [0.29, 0.717) is 44.6 Å². The van der Waals surface area contributed by atoms with Crippen molar-refractivity contribution in [3.8, 4) is 28.3 Å². The number of carbonyl (C=O) groups is 2. The Kier molecular flexibility index (Phi) is 8.48. The molecule has 0 unspecified atom stereocenters. The summed E-state index contributed by atoms with van der Waals surface area (Å²) < 4.78 is 24.2. The summed E-state index contributed by atoms with van der Waals surface area (Å²) in [6, 6.07) is 19.1. The molecule has 0 aliphatic heterocycles. The maximum Gasteiger partial charge on any atom is 0.260 e. The molecule has 10 heteroatoms. The second-order valence-corrected chi connectivity index (χ2v) is 9.42. The fourth-order valence-corrected chi connectivity index (χ4v) is 4.26. The fraction of sp³-hybridized carbons (Fsp3) is 0.148. The summed E-state index contributed by atoms with van der Waals surface area (Å²) in [6.45, 7) is 0.00686. The zero-order chi connectivity index (χ0) is 26.5. The third kappa shape index (κ3) is 6.13. The van der Waals surface area contributed by atoms with Crippen molar-refractivity contribution < 1.29 is 23.2 Å². The molecule has 3 aromatic carbocycles. The number of halogens is 4. The number of alkyl halides is 2. The number of ketones is 1. The van der Waals surface area contributed by atoms with Crippen molar-refractivity contribution in [3.05, 3.63) is 89.2 Å². The van der Waals surface area contributed by atoms with Gasteiger partial charge in [0, 0.05) is 35.8 Å². The average molecular weight is 562 g/mol. The predicted octanol–water partition coefficient (Wildman–Crippen LogP) is 7.22. The molecule has 0 saturated carbocycles. The highest BCUT2D eigenvalue weighted by Crippen LogP contribution is 2.38. The number of benzene rings is 3. The summed E-state index contributed by atoms with van der Waals surface area (Å²) in [5.41, 5.74) is 2.46. The molecule has 0 N–H and O–H groups in total. The van der Waals surface area contributed by atoms with Crippen LogP contribution in [0.1, 0.15) is 16.8 Å². The molecule has 0 radical (unpaired) electrons. The van der Waals surface area contributed by atoms with Crippen molar-refractivity contribution in [1.82, 2.24) is 5.16 Å². The number of amides is 1. The van der Waals surface area contributed by atoms with Crippen LogP contribution in [0, 0.1) is 5.82 Å². The van der Waals surface area contributed by atoms with E-state index in [0.717, 1.165) is 0 Å².